The Bertz CT molecular complexity index is 2110. The summed E-state index contributed by atoms with van der Waals surface area (Å²) in [7, 11) is -10.1. The molecule has 8 N–H and O–H groups in total. The monoisotopic (exact) mass is 701 g/mol. The Balaban J connectivity index is 1.20. The van der Waals surface area contributed by atoms with Gasteiger partial charge in [-0.3, -0.25) is 27.9 Å². The summed E-state index contributed by atoms with van der Waals surface area (Å²) in [5.74, 6) is -0.840. The third-order valence-corrected chi connectivity index (χ3v) is 10.0. The maximum Gasteiger partial charge on any atom is 0.473 e. The van der Waals surface area contributed by atoms with E-state index in [0.717, 1.165) is 0 Å². The molecule has 246 valence electrons. The van der Waals surface area contributed by atoms with Gasteiger partial charge in [0.15, 0.2) is 15.8 Å². The lowest BCUT2D eigenvalue weighted by atomic mass is 9.96. The first-order chi connectivity index (χ1) is 21.7. The molecule has 2 bridgehead atoms. The number of H-pyrrole nitrogens is 2. The van der Waals surface area contributed by atoms with Crippen LogP contribution in [0.2, 0.25) is 0 Å². The number of nitrogens with zero attached hydrogens (tertiary/aromatic N) is 6. The van der Waals surface area contributed by atoms with E-state index in [-0.39, 0.29) is 40.3 Å². The number of rotatable bonds is 3. The Morgan fingerprint density at radius 1 is 1.13 bits per heavy atom. The summed E-state index contributed by atoms with van der Waals surface area (Å²) in [5, 5.41) is 22.7. The Kier molecular flexibility index (Phi) is 7.53. The smallest absolute Gasteiger partial charge is 0.473 e. The fourth-order valence-electron chi connectivity index (χ4n) is 5.73. The van der Waals surface area contributed by atoms with E-state index in [1.165, 1.54) is 28.1 Å². The SMILES string of the molecule is Nc1nc2c(ncn2[C@@H]2CC3=C(O)C2OP(=O)(O)OC[C@H]2OCC(O)(Cn4cnc5c(=S)nc[nH]c54)C2OP(=O)(O)OC3)c(=O)[nH]1. The molecule has 5 unspecified atom stereocenters. The molecule has 0 spiro atoms. The summed E-state index contributed by atoms with van der Waals surface area (Å²) in [6, 6.07) is -1.06. The summed E-state index contributed by atoms with van der Waals surface area (Å²) in [4.78, 5) is 55.2. The van der Waals surface area contributed by atoms with Gasteiger partial charge in [-0.1, -0.05) is 12.2 Å². The summed E-state index contributed by atoms with van der Waals surface area (Å²) >= 11 is 5.18. The Morgan fingerprint density at radius 2 is 1.89 bits per heavy atom. The third-order valence-electron chi connectivity index (χ3n) is 7.82. The zero-order chi connectivity index (χ0) is 32.6. The van der Waals surface area contributed by atoms with Gasteiger partial charge in [0, 0.05) is 0 Å². The van der Waals surface area contributed by atoms with Crippen molar-refractivity contribution in [3.8, 4) is 0 Å². The quantitative estimate of drug-likeness (QED) is 0.110. The predicted molar refractivity (Wildman–Crippen MR) is 155 cm³/mol. The minimum atomic E-state index is -5.04. The topological polar surface area (TPSA) is 297 Å². The van der Waals surface area contributed by atoms with E-state index in [0.29, 0.717) is 11.2 Å². The lowest BCUT2D eigenvalue weighted by molar-refractivity contribution is -0.0643. The minimum Gasteiger partial charge on any atom is -0.509 e. The fourth-order valence-corrected chi connectivity index (χ4v) is 7.85. The largest absolute Gasteiger partial charge is 0.509 e. The van der Waals surface area contributed by atoms with Gasteiger partial charge < -0.3 is 44.6 Å². The van der Waals surface area contributed by atoms with Crippen LogP contribution in [-0.2, 0) is 38.5 Å². The Hall–Kier alpha value is -3.40. The zero-order valence-electron chi connectivity index (χ0n) is 23.2. The van der Waals surface area contributed by atoms with Gasteiger partial charge >= 0.3 is 15.6 Å². The lowest BCUT2D eigenvalue weighted by Gasteiger charge is -2.31. The molecule has 0 amide bonds. The first-order valence-corrected chi connectivity index (χ1v) is 16.8. The van der Waals surface area contributed by atoms with Crippen molar-refractivity contribution in [1.29, 1.82) is 0 Å². The molecule has 3 aliphatic rings. The highest BCUT2D eigenvalue weighted by molar-refractivity contribution is 7.71. The summed E-state index contributed by atoms with van der Waals surface area (Å²) in [5.41, 5.74) is 3.58. The number of aliphatic hydroxyl groups is 2. The number of anilines is 1. The number of nitrogens with one attached hydrogen (secondary N) is 2. The van der Waals surface area contributed by atoms with Crippen LogP contribution in [0, 0.1) is 4.64 Å². The fraction of sp³-hybridized carbons (Fsp3) is 0.455. The van der Waals surface area contributed by atoms with E-state index >= 15 is 0 Å². The molecule has 46 heavy (non-hydrogen) atoms. The number of hydrogen-bond acceptors (Lipinski definition) is 16. The number of phosphoric ester groups is 2. The third kappa shape index (κ3) is 5.50. The lowest BCUT2D eigenvalue weighted by Crippen LogP contribution is -2.49. The van der Waals surface area contributed by atoms with E-state index in [2.05, 4.69) is 29.9 Å². The van der Waals surface area contributed by atoms with Crippen molar-refractivity contribution in [2.75, 3.05) is 25.6 Å². The summed E-state index contributed by atoms with van der Waals surface area (Å²) in [6.07, 6.45) is -0.921. The van der Waals surface area contributed by atoms with Crippen LogP contribution in [0.15, 0.2) is 35.1 Å². The molecule has 1 aliphatic carbocycles. The average Bonchev–Trinajstić information content (AvgIpc) is 3.73. The van der Waals surface area contributed by atoms with Crippen LogP contribution in [0.4, 0.5) is 5.95 Å². The van der Waals surface area contributed by atoms with Crippen molar-refractivity contribution in [3.63, 3.8) is 0 Å². The number of imidazole rings is 2. The Morgan fingerprint density at radius 3 is 2.70 bits per heavy atom. The van der Waals surface area contributed by atoms with Crippen LogP contribution in [0.25, 0.3) is 22.3 Å². The normalized spacial score (nSPS) is 34.0. The van der Waals surface area contributed by atoms with Crippen molar-refractivity contribution < 1.29 is 52.0 Å². The number of aromatic nitrogens is 8. The maximum absolute atomic E-state index is 13.3. The number of fused-ring (bicyclic) bond motifs is 4. The molecule has 4 aromatic heterocycles. The van der Waals surface area contributed by atoms with E-state index in [1.54, 1.807) is 0 Å². The van der Waals surface area contributed by atoms with Crippen molar-refractivity contribution in [3.05, 3.63) is 45.3 Å². The van der Waals surface area contributed by atoms with Gasteiger partial charge in [-0.25, -0.2) is 24.1 Å². The molecule has 7 rings (SSSR count). The molecule has 21 nitrogen and oxygen atoms in total. The minimum absolute atomic E-state index is 0.0185. The van der Waals surface area contributed by atoms with Gasteiger partial charge in [-0.15, -0.1) is 0 Å². The number of hydrogen-bond donors (Lipinski definition) is 7. The van der Waals surface area contributed by atoms with Crippen molar-refractivity contribution in [1.82, 2.24) is 39.0 Å². The molecule has 6 heterocycles. The second-order valence-electron chi connectivity index (χ2n) is 10.8. The molecular formula is C22H25N9O12P2S. The molecule has 2 aliphatic heterocycles. The molecule has 1 fully saturated rings. The van der Waals surface area contributed by atoms with Gasteiger partial charge in [0.25, 0.3) is 5.56 Å². The van der Waals surface area contributed by atoms with Crippen LogP contribution >= 0.6 is 27.9 Å². The standard InChI is InChI=1S/C22H25N9O12P2S/c23-21-28-18-12(19(33)29-21)27-8-31(18)10-1-9-2-40-45(37,38)43-16-11(3-41-44(35,36)42-15(10)14(9)32)39-5-22(16,34)4-30-7-26-13-17(30)24-6-25-20(13)46/h6-8,10-11,15-16,32,34H,1-5H2,(H,35,36)(H,37,38)(H,24,25,46)(H3,23,28,29,33)/t10-,11-,15?,16?,22?/m1/s1. The first-order valence-electron chi connectivity index (χ1n) is 13.4. The number of nitrogens with two attached hydrogens (primary N) is 1. The highest BCUT2D eigenvalue weighted by Gasteiger charge is 2.54. The van der Waals surface area contributed by atoms with Gasteiger partial charge in [-0.05, 0) is 12.0 Å². The van der Waals surface area contributed by atoms with Gasteiger partial charge in [0.05, 0.1) is 51.4 Å². The van der Waals surface area contributed by atoms with Gasteiger partial charge in [0.1, 0.15) is 40.8 Å². The van der Waals surface area contributed by atoms with Crippen LogP contribution < -0.4 is 11.3 Å². The molecule has 1 saturated heterocycles. The number of aromatic amines is 2. The second-order valence-corrected chi connectivity index (χ2v) is 14.0. The molecule has 0 aromatic carbocycles. The maximum atomic E-state index is 13.3. The van der Waals surface area contributed by atoms with Crippen LogP contribution in [0.3, 0.4) is 0 Å². The van der Waals surface area contributed by atoms with Crippen molar-refractivity contribution in [2.45, 2.75) is 42.9 Å². The molecular weight excluding hydrogens is 676 g/mol. The molecule has 0 saturated carbocycles. The predicted octanol–water partition coefficient (Wildman–Crippen LogP) is 0.109. The summed E-state index contributed by atoms with van der Waals surface area (Å²) in [6.45, 7) is -2.24. The van der Waals surface area contributed by atoms with E-state index in [1.807, 2.05) is 0 Å². The second kappa shape index (κ2) is 11.1. The van der Waals surface area contributed by atoms with Gasteiger partial charge in [-0.2, -0.15) is 4.98 Å². The van der Waals surface area contributed by atoms with E-state index in [9.17, 15) is 33.9 Å². The van der Waals surface area contributed by atoms with Crippen LogP contribution in [0.1, 0.15) is 12.5 Å². The Labute approximate surface area is 260 Å². The van der Waals surface area contributed by atoms with Crippen LogP contribution in [0.5, 0.6) is 0 Å². The number of ether oxygens (including phenoxy) is 1. The average molecular weight is 702 g/mol. The highest BCUT2D eigenvalue weighted by atomic mass is 32.1. The van der Waals surface area contributed by atoms with Crippen molar-refractivity contribution >= 4 is 56.1 Å². The first kappa shape index (κ1) is 31.2. The zero-order valence-corrected chi connectivity index (χ0v) is 25.8. The molecule has 7 atom stereocenters. The van der Waals surface area contributed by atoms with Crippen molar-refractivity contribution in [2.24, 2.45) is 0 Å². The molecule has 0 radical (unpaired) electrons. The number of aliphatic hydroxyl groups excluding tert-OH is 1. The highest BCUT2D eigenvalue weighted by Crippen LogP contribution is 2.54. The van der Waals surface area contributed by atoms with Crippen LogP contribution in [-0.4, -0.2) is 103 Å². The number of phosphoric acid groups is 2. The summed E-state index contributed by atoms with van der Waals surface area (Å²) < 4.78 is 56.3. The molecule has 24 heteroatoms. The number of nitrogen functional groups attached to an aromatic ring is 1. The van der Waals surface area contributed by atoms with Gasteiger partial charge in [0.2, 0.25) is 5.95 Å². The molecule has 4 aromatic rings. The van der Waals surface area contributed by atoms with E-state index in [4.69, 9.17) is 40.8 Å². The van der Waals surface area contributed by atoms with E-state index < -0.39 is 76.7 Å².